The highest BCUT2D eigenvalue weighted by molar-refractivity contribution is 8.15. The fraction of sp³-hybridized carbons (Fsp3) is 0.304. The van der Waals surface area contributed by atoms with E-state index in [9.17, 15) is 23.6 Å². The number of amides is 3. The molecule has 2 aromatic carbocycles. The molecule has 2 N–H and O–H groups in total. The Hall–Kier alpha value is -3.20. The Kier molecular flexibility index (Phi) is 7.63. The number of aryl methyl sites for hydroxylation is 1. The Bertz CT molecular complexity index is 1040. The molecule has 0 spiro atoms. The quantitative estimate of drug-likeness (QED) is 0.586. The minimum absolute atomic E-state index is 0.0185. The van der Waals surface area contributed by atoms with Crippen molar-refractivity contribution in [1.29, 1.82) is 0 Å². The maximum Gasteiger partial charge on any atom is 0.338 e. The van der Waals surface area contributed by atoms with Crippen LogP contribution in [0.15, 0.2) is 42.5 Å². The van der Waals surface area contributed by atoms with Crippen LogP contribution in [0.25, 0.3) is 0 Å². The molecule has 9 heteroatoms. The smallest absolute Gasteiger partial charge is 0.338 e. The van der Waals surface area contributed by atoms with Gasteiger partial charge in [-0.25, -0.2) is 9.18 Å². The molecule has 1 aliphatic rings. The molecule has 1 aliphatic heterocycles. The summed E-state index contributed by atoms with van der Waals surface area (Å²) in [4.78, 5) is 49.2. The highest BCUT2D eigenvalue weighted by Gasteiger charge is 2.39. The first-order valence-corrected chi connectivity index (χ1v) is 11.1. The van der Waals surface area contributed by atoms with Gasteiger partial charge in [0.05, 0.1) is 10.8 Å². The third-order valence-corrected chi connectivity index (χ3v) is 6.20. The zero-order valence-corrected chi connectivity index (χ0v) is 18.3. The molecule has 1 atom stereocenters. The summed E-state index contributed by atoms with van der Waals surface area (Å²) in [5, 5.41) is 10.7. The van der Waals surface area contributed by atoms with Gasteiger partial charge in [-0.2, -0.15) is 0 Å². The van der Waals surface area contributed by atoms with E-state index in [2.05, 4.69) is 12.2 Å². The van der Waals surface area contributed by atoms with Crippen molar-refractivity contribution in [2.45, 2.75) is 37.9 Å². The third-order valence-electron chi connectivity index (χ3n) is 5.12. The minimum Gasteiger partial charge on any atom is -0.478 e. The number of aromatic carboxylic acids is 1. The summed E-state index contributed by atoms with van der Waals surface area (Å²) in [6.45, 7) is 2.18. The second kappa shape index (κ2) is 10.4. The van der Waals surface area contributed by atoms with E-state index in [0.29, 0.717) is 6.42 Å². The molecule has 1 fully saturated rings. The number of carbonyl (C=O) groups excluding carboxylic acids is 3. The van der Waals surface area contributed by atoms with Gasteiger partial charge >= 0.3 is 5.97 Å². The van der Waals surface area contributed by atoms with Gasteiger partial charge in [0.15, 0.2) is 0 Å². The monoisotopic (exact) mass is 458 g/mol. The van der Waals surface area contributed by atoms with Crippen molar-refractivity contribution in [2.75, 3.05) is 11.9 Å². The number of hydrogen-bond acceptors (Lipinski definition) is 5. The van der Waals surface area contributed by atoms with Crippen LogP contribution in [0.1, 0.15) is 41.3 Å². The fourth-order valence-electron chi connectivity index (χ4n) is 3.34. The summed E-state index contributed by atoms with van der Waals surface area (Å²) >= 11 is 0.999. The Balaban J connectivity index is 1.49. The molecule has 3 amide bonds. The number of carboxylic acids is 1. The maximum atomic E-state index is 13.4. The zero-order valence-electron chi connectivity index (χ0n) is 17.5. The normalized spacial score (nSPS) is 15.8. The molecule has 0 saturated carbocycles. The lowest BCUT2D eigenvalue weighted by atomic mass is 10.1. The van der Waals surface area contributed by atoms with E-state index >= 15 is 0 Å². The molecule has 0 aliphatic carbocycles. The molecular formula is C23H23FN2O5S. The summed E-state index contributed by atoms with van der Waals surface area (Å²) in [5.74, 6) is -3.01. The number of halogens is 1. The Labute approximate surface area is 189 Å². The number of carbonyl (C=O) groups is 4. The van der Waals surface area contributed by atoms with Crippen LogP contribution < -0.4 is 5.32 Å². The van der Waals surface area contributed by atoms with Crippen molar-refractivity contribution in [3.63, 3.8) is 0 Å². The summed E-state index contributed by atoms with van der Waals surface area (Å²) < 4.78 is 13.4. The van der Waals surface area contributed by atoms with Gasteiger partial charge < -0.3 is 10.4 Å². The van der Waals surface area contributed by atoms with Gasteiger partial charge in [-0.05, 0) is 48.6 Å². The topological polar surface area (TPSA) is 104 Å². The molecule has 2 aromatic rings. The van der Waals surface area contributed by atoms with Crippen LogP contribution >= 0.6 is 11.8 Å². The van der Waals surface area contributed by atoms with Gasteiger partial charge in [0.25, 0.3) is 5.24 Å². The van der Waals surface area contributed by atoms with E-state index in [4.69, 9.17) is 5.11 Å². The average Bonchev–Trinajstić information content (AvgIpc) is 3.02. The average molecular weight is 459 g/mol. The van der Waals surface area contributed by atoms with Crippen LogP contribution in [0, 0.1) is 5.82 Å². The predicted octanol–water partition coefficient (Wildman–Crippen LogP) is 4.11. The van der Waals surface area contributed by atoms with E-state index in [1.165, 1.54) is 16.5 Å². The molecule has 32 heavy (non-hydrogen) atoms. The first-order chi connectivity index (χ1) is 15.3. The highest BCUT2D eigenvalue weighted by Crippen LogP contribution is 2.30. The molecule has 1 saturated heterocycles. The van der Waals surface area contributed by atoms with Gasteiger partial charge in [0.2, 0.25) is 11.8 Å². The Morgan fingerprint density at radius 3 is 2.47 bits per heavy atom. The van der Waals surface area contributed by atoms with E-state index in [0.717, 1.165) is 35.9 Å². The lowest BCUT2D eigenvalue weighted by Gasteiger charge is -2.14. The summed E-state index contributed by atoms with van der Waals surface area (Å²) in [5.41, 5.74) is 1.81. The molecule has 1 heterocycles. The van der Waals surface area contributed by atoms with E-state index in [1.54, 1.807) is 0 Å². The first kappa shape index (κ1) is 23.5. The largest absolute Gasteiger partial charge is 0.478 e. The number of nitrogens with zero attached hydrogens (tertiary/aromatic N) is 1. The predicted molar refractivity (Wildman–Crippen MR) is 119 cm³/mol. The van der Waals surface area contributed by atoms with Crippen LogP contribution in [0.5, 0.6) is 0 Å². The van der Waals surface area contributed by atoms with Gasteiger partial charge in [-0.3, -0.25) is 19.3 Å². The van der Waals surface area contributed by atoms with Crippen molar-refractivity contribution >= 4 is 40.5 Å². The second-order valence-corrected chi connectivity index (χ2v) is 8.54. The molecule has 7 nitrogen and oxygen atoms in total. The number of carboxylic acid groups (broad SMARTS) is 1. The standard InChI is InChI=1S/C23H23FN2O5S/c1-2-14-5-7-15(8-6-14)12-19-21(28)26(23(31)32-19)11-3-4-20(27)25-16-9-10-18(24)17(13-16)22(29)30/h5-10,13,19H,2-4,11-12H2,1H3,(H,25,27)(H,29,30). The van der Waals surface area contributed by atoms with Crippen molar-refractivity contribution in [2.24, 2.45) is 0 Å². The number of hydrogen-bond donors (Lipinski definition) is 2. The Morgan fingerprint density at radius 1 is 1.12 bits per heavy atom. The summed E-state index contributed by atoms with van der Waals surface area (Å²) in [6, 6.07) is 11.2. The number of thioether (sulfide) groups is 1. The van der Waals surface area contributed by atoms with Gasteiger partial charge in [-0.1, -0.05) is 43.0 Å². The molecule has 0 radical (unpaired) electrons. The van der Waals surface area contributed by atoms with Crippen molar-refractivity contribution < 1.29 is 28.7 Å². The van der Waals surface area contributed by atoms with Crippen LogP contribution in [-0.4, -0.2) is 44.8 Å². The van der Waals surface area contributed by atoms with Gasteiger partial charge in [0, 0.05) is 18.7 Å². The lowest BCUT2D eigenvalue weighted by Crippen LogP contribution is -2.33. The molecule has 3 rings (SSSR count). The van der Waals surface area contributed by atoms with Crippen LogP contribution in [0.2, 0.25) is 0 Å². The number of rotatable bonds is 9. The summed E-state index contributed by atoms with van der Waals surface area (Å²) in [7, 11) is 0. The lowest BCUT2D eigenvalue weighted by molar-refractivity contribution is -0.127. The zero-order chi connectivity index (χ0) is 23.3. The molecule has 0 aromatic heterocycles. The van der Waals surface area contributed by atoms with Crippen LogP contribution in [0.3, 0.4) is 0 Å². The van der Waals surface area contributed by atoms with Gasteiger partial charge in [-0.15, -0.1) is 0 Å². The molecule has 168 valence electrons. The fourth-order valence-corrected chi connectivity index (χ4v) is 4.40. The minimum atomic E-state index is -1.43. The Morgan fingerprint density at radius 2 is 1.81 bits per heavy atom. The van der Waals surface area contributed by atoms with Crippen LogP contribution in [0.4, 0.5) is 14.9 Å². The van der Waals surface area contributed by atoms with Gasteiger partial charge in [0.1, 0.15) is 5.82 Å². The third kappa shape index (κ3) is 5.73. The van der Waals surface area contributed by atoms with E-state index in [1.807, 2.05) is 24.3 Å². The molecule has 0 bridgehead atoms. The number of anilines is 1. The van der Waals surface area contributed by atoms with E-state index < -0.39 is 28.5 Å². The van der Waals surface area contributed by atoms with Crippen molar-refractivity contribution in [3.05, 3.63) is 65.0 Å². The van der Waals surface area contributed by atoms with E-state index in [-0.39, 0.29) is 36.2 Å². The highest BCUT2D eigenvalue weighted by atomic mass is 32.2. The molecule has 1 unspecified atom stereocenters. The second-order valence-electron chi connectivity index (χ2n) is 7.39. The number of nitrogens with one attached hydrogen (secondary N) is 1. The maximum absolute atomic E-state index is 13.4. The first-order valence-electron chi connectivity index (χ1n) is 10.2. The summed E-state index contributed by atoms with van der Waals surface area (Å²) in [6.07, 6.45) is 1.67. The van der Waals surface area contributed by atoms with Crippen LogP contribution in [-0.2, 0) is 22.4 Å². The number of benzene rings is 2. The van der Waals surface area contributed by atoms with Crippen molar-refractivity contribution in [3.8, 4) is 0 Å². The number of imide groups is 1. The molecular weight excluding hydrogens is 435 g/mol. The SMILES string of the molecule is CCc1ccc(CC2SC(=O)N(CCCC(=O)Nc3ccc(F)c(C(=O)O)c3)C2=O)cc1. The van der Waals surface area contributed by atoms with Crippen molar-refractivity contribution in [1.82, 2.24) is 4.90 Å².